The van der Waals surface area contributed by atoms with Gasteiger partial charge in [-0.05, 0) is 50.5 Å². The summed E-state index contributed by atoms with van der Waals surface area (Å²) in [6.07, 6.45) is 2.52. The van der Waals surface area contributed by atoms with Gasteiger partial charge in [-0.3, -0.25) is 0 Å². The molecule has 1 aliphatic rings. The van der Waals surface area contributed by atoms with E-state index in [1.807, 2.05) is 36.4 Å². The minimum atomic E-state index is 0. The minimum absolute atomic E-state index is 0. The second-order valence-electron chi connectivity index (χ2n) is 6.31. The molecule has 0 saturated carbocycles. The Labute approximate surface area is 173 Å². The van der Waals surface area contributed by atoms with E-state index in [4.69, 9.17) is 16.3 Å². The second kappa shape index (κ2) is 12.4. The molecular weight excluding hydrogens is 391 g/mol. The van der Waals surface area contributed by atoms with Crippen molar-refractivity contribution in [3.8, 4) is 5.75 Å². The molecule has 26 heavy (non-hydrogen) atoms. The largest absolute Gasteiger partial charge is 0.489 e. The van der Waals surface area contributed by atoms with Crippen molar-refractivity contribution in [2.24, 2.45) is 5.92 Å². The fourth-order valence-corrected chi connectivity index (χ4v) is 3.25. The lowest BCUT2D eigenvalue weighted by molar-refractivity contribution is 0.301. The fraction of sp³-hybridized carbons (Fsp3) is 0.400. The molecule has 0 amide bonds. The Balaban J connectivity index is 0.00000169. The third-order valence-electron chi connectivity index (χ3n) is 4.52. The Morgan fingerprint density at radius 1 is 0.962 bits per heavy atom. The number of para-hydroxylation sites is 1. The van der Waals surface area contributed by atoms with Crippen LogP contribution in [0, 0.1) is 5.92 Å². The van der Waals surface area contributed by atoms with Crippen LogP contribution in [0.1, 0.15) is 24.0 Å². The second-order valence-corrected chi connectivity index (χ2v) is 6.72. The van der Waals surface area contributed by atoms with Gasteiger partial charge in [-0.25, -0.2) is 0 Å². The van der Waals surface area contributed by atoms with Crippen molar-refractivity contribution >= 4 is 36.4 Å². The number of ether oxygens (including phenoxy) is 1. The summed E-state index contributed by atoms with van der Waals surface area (Å²) in [5.74, 6) is 1.71. The molecule has 144 valence electrons. The molecule has 2 aromatic carbocycles. The van der Waals surface area contributed by atoms with Crippen molar-refractivity contribution < 1.29 is 4.74 Å². The van der Waals surface area contributed by atoms with Gasteiger partial charge >= 0.3 is 0 Å². The van der Waals surface area contributed by atoms with Crippen molar-refractivity contribution in [1.29, 1.82) is 0 Å². The Morgan fingerprint density at radius 3 is 2.35 bits per heavy atom. The molecule has 0 radical (unpaired) electrons. The predicted octanol–water partition coefficient (Wildman–Crippen LogP) is 4.85. The zero-order chi connectivity index (χ0) is 16.6. The van der Waals surface area contributed by atoms with E-state index < -0.39 is 0 Å². The average molecular weight is 418 g/mol. The molecule has 1 heterocycles. The maximum absolute atomic E-state index is 6.20. The highest BCUT2D eigenvalue weighted by Gasteiger charge is 2.12. The summed E-state index contributed by atoms with van der Waals surface area (Å²) in [5, 5.41) is 7.75. The van der Waals surface area contributed by atoms with Gasteiger partial charge in [0, 0.05) is 22.7 Å². The Hall–Kier alpha value is -0.970. The van der Waals surface area contributed by atoms with E-state index in [9.17, 15) is 0 Å². The van der Waals surface area contributed by atoms with Gasteiger partial charge in [0.05, 0.1) is 0 Å². The Bertz CT molecular complexity index is 648. The lowest BCUT2D eigenvalue weighted by Crippen LogP contribution is -2.33. The molecule has 3 rings (SSSR count). The van der Waals surface area contributed by atoms with Crippen molar-refractivity contribution in [1.82, 2.24) is 10.6 Å². The smallest absolute Gasteiger partial charge is 0.124 e. The van der Waals surface area contributed by atoms with E-state index in [0.717, 1.165) is 48.4 Å². The van der Waals surface area contributed by atoms with Gasteiger partial charge in [-0.1, -0.05) is 48.0 Å². The van der Waals surface area contributed by atoms with Gasteiger partial charge in [-0.2, -0.15) is 0 Å². The molecule has 0 bridgehead atoms. The monoisotopic (exact) mass is 416 g/mol. The lowest BCUT2D eigenvalue weighted by Gasteiger charge is -2.23. The summed E-state index contributed by atoms with van der Waals surface area (Å²) in [5.41, 5.74) is 2.20. The first-order valence-electron chi connectivity index (χ1n) is 8.68. The molecule has 0 unspecified atom stereocenters. The summed E-state index contributed by atoms with van der Waals surface area (Å²) in [6, 6.07) is 16.0. The van der Waals surface area contributed by atoms with Crippen LogP contribution in [0.4, 0.5) is 0 Å². The summed E-state index contributed by atoms with van der Waals surface area (Å²) in [7, 11) is 0. The standard InChI is InChI=1S/C20H25ClN2O.2ClH/c21-19-7-3-1-6-18(19)15-24-20-8-4-2-5-17(20)14-23-13-16-9-11-22-12-10-16;;/h1-8,16,22-23H,9-15H2;2*1H. The first kappa shape index (κ1) is 23.1. The average Bonchev–Trinajstić information content (AvgIpc) is 2.63. The number of rotatable bonds is 7. The third-order valence-corrected chi connectivity index (χ3v) is 4.89. The summed E-state index contributed by atoms with van der Waals surface area (Å²) in [6.45, 7) is 4.68. The minimum Gasteiger partial charge on any atom is -0.489 e. The summed E-state index contributed by atoms with van der Waals surface area (Å²) >= 11 is 6.20. The Morgan fingerprint density at radius 2 is 1.62 bits per heavy atom. The maximum atomic E-state index is 6.20. The highest BCUT2D eigenvalue weighted by Crippen LogP contribution is 2.22. The van der Waals surface area contributed by atoms with E-state index in [2.05, 4.69) is 22.8 Å². The van der Waals surface area contributed by atoms with Crippen LogP contribution in [0.2, 0.25) is 5.02 Å². The number of benzene rings is 2. The van der Waals surface area contributed by atoms with E-state index in [1.165, 1.54) is 18.4 Å². The van der Waals surface area contributed by atoms with Gasteiger partial charge in [0.15, 0.2) is 0 Å². The number of hydrogen-bond acceptors (Lipinski definition) is 3. The topological polar surface area (TPSA) is 33.3 Å². The maximum Gasteiger partial charge on any atom is 0.124 e. The van der Waals surface area contributed by atoms with E-state index in [1.54, 1.807) is 0 Å². The van der Waals surface area contributed by atoms with Crippen LogP contribution in [-0.2, 0) is 13.2 Å². The first-order chi connectivity index (χ1) is 11.8. The first-order valence-corrected chi connectivity index (χ1v) is 9.06. The van der Waals surface area contributed by atoms with Gasteiger partial charge < -0.3 is 15.4 Å². The molecule has 0 aromatic heterocycles. The van der Waals surface area contributed by atoms with Crippen LogP contribution in [0.5, 0.6) is 5.75 Å². The fourth-order valence-electron chi connectivity index (χ4n) is 3.06. The quantitative estimate of drug-likeness (QED) is 0.675. The highest BCUT2D eigenvalue weighted by atomic mass is 35.5. The third kappa shape index (κ3) is 6.98. The Kier molecular flexibility index (Phi) is 11.0. The van der Waals surface area contributed by atoms with E-state index in [-0.39, 0.29) is 24.8 Å². The van der Waals surface area contributed by atoms with E-state index >= 15 is 0 Å². The molecule has 2 N–H and O–H groups in total. The van der Waals surface area contributed by atoms with Crippen LogP contribution in [0.15, 0.2) is 48.5 Å². The molecule has 0 atom stereocenters. The molecule has 6 heteroatoms. The normalized spacial score (nSPS) is 14.2. The zero-order valence-electron chi connectivity index (χ0n) is 14.7. The van der Waals surface area contributed by atoms with Crippen molar-refractivity contribution in [3.05, 3.63) is 64.7 Å². The van der Waals surface area contributed by atoms with Crippen LogP contribution >= 0.6 is 36.4 Å². The van der Waals surface area contributed by atoms with Crippen molar-refractivity contribution in [3.63, 3.8) is 0 Å². The number of hydrogen-bond donors (Lipinski definition) is 2. The van der Waals surface area contributed by atoms with Crippen LogP contribution in [0.3, 0.4) is 0 Å². The van der Waals surface area contributed by atoms with E-state index in [0.29, 0.717) is 6.61 Å². The predicted molar refractivity (Wildman–Crippen MR) is 114 cm³/mol. The van der Waals surface area contributed by atoms with Gasteiger partial charge in [0.25, 0.3) is 0 Å². The zero-order valence-corrected chi connectivity index (χ0v) is 17.1. The molecule has 3 nitrogen and oxygen atoms in total. The van der Waals surface area contributed by atoms with Gasteiger partial charge in [-0.15, -0.1) is 24.8 Å². The number of halogens is 3. The molecule has 1 fully saturated rings. The van der Waals surface area contributed by atoms with Crippen LogP contribution in [0.25, 0.3) is 0 Å². The molecule has 0 aliphatic carbocycles. The SMILES string of the molecule is Cl.Cl.Clc1ccccc1COc1ccccc1CNCC1CCNCC1. The number of piperidine rings is 1. The molecule has 0 spiro atoms. The van der Waals surface area contributed by atoms with Crippen molar-refractivity contribution in [2.75, 3.05) is 19.6 Å². The van der Waals surface area contributed by atoms with Gasteiger partial charge in [0.2, 0.25) is 0 Å². The summed E-state index contributed by atoms with van der Waals surface area (Å²) in [4.78, 5) is 0. The summed E-state index contributed by atoms with van der Waals surface area (Å²) < 4.78 is 6.01. The lowest BCUT2D eigenvalue weighted by atomic mass is 9.98. The van der Waals surface area contributed by atoms with Crippen LogP contribution < -0.4 is 15.4 Å². The molecule has 2 aromatic rings. The number of nitrogens with one attached hydrogen (secondary N) is 2. The van der Waals surface area contributed by atoms with Crippen molar-refractivity contribution in [2.45, 2.75) is 26.0 Å². The van der Waals surface area contributed by atoms with Gasteiger partial charge in [0.1, 0.15) is 12.4 Å². The highest BCUT2D eigenvalue weighted by molar-refractivity contribution is 6.31. The molecule has 1 aliphatic heterocycles. The molecule has 1 saturated heterocycles. The molecular formula is C20H27Cl3N2O. The van der Waals surface area contributed by atoms with Crippen LogP contribution in [-0.4, -0.2) is 19.6 Å².